The van der Waals surface area contributed by atoms with Crippen LogP contribution < -0.4 is 0 Å². The van der Waals surface area contributed by atoms with Crippen molar-refractivity contribution in [2.45, 2.75) is 19.7 Å². The Morgan fingerprint density at radius 3 is 2.60 bits per heavy atom. The molecule has 4 nitrogen and oxygen atoms in total. The Bertz CT molecular complexity index is 104. The zero-order valence-electron chi connectivity index (χ0n) is 5.91. The van der Waals surface area contributed by atoms with Crippen LogP contribution in [0.25, 0.3) is 0 Å². The lowest BCUT2D eigenvalue weighted by molar-refractivity contribution is -0.142. The van der Waals surface area contributed by atoms with Gasteiger partial charge in [0.2, 0.25) is 0 Å². The van der Waals surface area contributed by atoms with Gasteiger partial charge in [-0.05, 0) is 13.2 Å². The van der Waals surface area contributed by atoms with Gasteiger partial charge in [0.05, 0.1) is 6.61 Å². The summed E-state index contributed by atoms with van der Waals surface area (Å²) in [6, 6.07) is 0. The molecule has 10 heavy (non-hydrogen) atoms. The highest BCUT2D eigenvalue weighted by molar-refractivity contribution is 6.41. The van der Waals surface area contributed by atoms with Gasteiger partial charge in [0.1, 0.15) is 0 Å². The van der Waals surface area contributed by atoms with Crippen molar-refractivity contribution in [2.24, 2.45) is 0 Å². The van der Waals surface area contributed by atoms with E-state index in [4.69, 9.17) is 10.0 Å². The molecule has 0 atom stereocenters. The van der Waals surface area contributed by atoms with Crippen LogP contribution in [-0.4, -0.2) is 29.7 Å². The number of esters is 1. The number of carbonyl (C=O) groups excluding carboxylic acids is 1. The van der Waals surface area contributed by atoms with Crippen molar-refractivity contribution in [1.82, 2.24) is 0 Å². The molecule has 0 unspecified atom stereocenters. The van der Waals surface area contributed by atoms with Crippen LogP contribution in [0.15, 0.2) is 0 Å². The molecular weight excluding hydrogens is 135 g/mol. The van der Waals surface area contributed by atoms with Crippen LogP contribution in [0.1, 0.15) is 13.3 Å². The summed E-state index contributed by atoms with van der Waals surface area (Å²) in [5.74, 6) is -0.393. The molecule has 2 N–H and O–H groups in total. The van der Waals surface area contributed by atoms with Crippen molar-refractivity contribution in [3.63, 3.8) is 0 Å². The monoisotopic (exact) mass is 146 g/mol. The third kappa shape index (κ3) is 5.59. The van der Waals surface area contributed by atoms with E-state index >= 15 is 0 Å². The molecule has 0 heterocycles. The summed E-state index contributed by atoms with van der Waals surface area (Å²) in [7, 11) is -1.41. The van der Waals surface area contributed by atoms with Crippen LogP contribution in [0, 0.1) is 0 Å². The third-order valence-electron chi connectivity index (χ3n) is 0.912. The van der Waals surface area contributed by atoms with Gasteiger partial charge in [-0.2, -0.15) is 0 Å². The van der Waals surface area contributed by atoms with E-state index in [0.717, 1.165) is 0 Å². The molecule has 0 radical (unpaired) electrons. The topological polar surface area (TPSA) is 66.8 Å². The smallest absolute Gasteiger partial charge is 0.451 e. The molecule has 0 aromatic carbocycles. The summed E-state index contributed by atoms with van der Waals surface area (Å²) >= 11 is 0. The summed E-state index contributed by atoms with van der Waals surface area (Å²) in [6.07, 6.45) is 0.102. The maximum absolute atomic E-state index is 10.5. The van der Waals surface area contributed by atoms with E-state index in [1.54, 1.807) is 6.92 Å². The first-order valence-corrected chi connectivity index (χ1v) is 3.18. The lowest BCUT2D eigenvalue weighted by Gasteiger charge is -1.99. The molecule has 0 bridgehead atoms. The highest BCUT2D eigenvalue weighted by Gasteiger charge is 2.10. The van der Waals surface area contributed by atoms with E-state index in [1.165, 1.54) is 0 Å². The minimum Gasteiger partial charge on any atom is -0.466 e. The highest BCUT2D eigenvalue weighted by Crippen LogP contribution is 1.94. The van der Waals surface area contributed by atoms with Crippen molar-refractivity contribution < 1.29 is 19.6 Å². The molecule has 0 saturated heterocycles. The Morgan fingerprint density at radius 1 is 1.60 bits per heavy atom. The Morgan fingerprint density at radius 2 is 2.20 bits per heavy atom. The molecule has 0 aromatic heterocycles. The van der Waals surface area contributed by atoms with E-state index in [0.29, 0.717) is 6.61 Å². The van der Waals surface area contributed by atoms with E-state index < -0.39 is 13.1 Å². The normalized spacial score (nSPS) is 9.10. The van der Waals surface area contributed by atoms with Crippen LogP contribution in [0.3, 0.4) is 0 Å². The molecule has 0 aromatic rings. The Kier molecular flexibility index (Phi) is 4.97. The van der Waals surface area contributed by atoms with Crippen LogP contribution in [0.2, 0.25) is 6.32 Å². The molecule has 58 valence electrons. The van der Waals surface area contributed by atoms with Crippen molar-refractivity contribution in [1.29, 1.82) is 0 Å². The summed E-state index contributed by atoms with van der Waals surface area (Å²) in [5, 5.41) is 16.6. The molecule has 0 amide bonds. The fourth-order valence-electron chi connectivity index (χ4n) is 0.480. The van der Waals surface area contributed by atoms with E-state index in [2.05, 4.69) is 4.74 Å². The Balaban J connectivity index is 3.22. The summed E-state index contributed by atoms with van der Waals surface area (Å²) in [6.45, 7) is 2.04. The maximum atomic E-state index is 10.5. The van der Waals surface area contributed by atoms with Gasteiger partial charge in [0.25, 0.3) is 0 Å². The lowest BCUT2D eigenvalue weighted by atomic mass is 9.85. The SMILES string of the molecule is CCOC(=O)CCB(O)O. The van der Waals surface area contributed by atoms with E-state index in [1.807, 2.05) is 0 Å². The zero-order chi connectivity index (χ0) is 7.98. The molecule has 0 rings (SSSR count). The number of hydrogen-bond donors (Lipinski definition) is 2. The van der Waals surface area contributed by atoms with Gasteiger partial charge in [-0.1, -0.05) is 0 Å². The van der Waals surface area contributed by atoms with Crippen molar-refractivity contribution in [3.05, 3.63) is 0 Å². The molecule has 0 aliphatic carbocycles. The van der Waals surface area contributed by atoms with Crippen LogP contribution in [0.5, 0.6) is 0 Å². The second-order valence-corrected chi connectivity index (χ2v) is 1.82. The molecule has 0 saturated carbocycles. The van der Waals surface area contributed by atoms with Gasteiger partial charge in [-0.25, -0.2) is 0 Å². The number of carbonyl (C=O) groups is 1. The number of ether oxygens (including phenoxy) is 1. The number of rotatable bonds is 4. The minimum absolute atomic E-state index is 0.0405. The highest BCUT2D eigenvalue weighted by atomic mass is 16.5. The van der Waals surface area contributed by atoms with Crippen molar-refractivity contribution in [2.75, 3.05) is 6.61 Å². The van der Waals surface area contributed by atoms with Crippen LogP contribution in [0.4, 0.5) is 0 Å². The molecule has 5 heteroatoms. The molecule has 0 aliphatic rings. The quantitative estimate of drug-likeness (QED) is 0.411. The fourth-order valence-corrected chi connectivity index (χ4v) is 0.480. The third-order valence-corrected chi connectivity index (χ3v) is 0.912. The molecule has 0 fully saturated rings. The minimum atomic E-state index is -1.41. The predicted octanol–water partition coefficient (Wildman–Crippen LogP) is -0.588. The number of hydrogen-bond acceptors (Lipinski definition) is 4. The van der Waals surface area contributed by atoms with Gasteiger partial charge < -0.3 is 14.8 Å². The average Bonchev–Trinajstić information content (AvgIpc) is 1.85. The first-order chi connectivity index (χ1) is 4.66. The van der Waals surface area contributed by atoms with Crippen molar-refractivity contribution >= 4 is 13.1 Å². The Labute approximate surface area is 60.0 Å². The van der Waals surface area contributed by atoms with E-state index in [9.17, 15) is 4.79 Å². The molecule has 0 aliphatic heterocycles. The van der Waals surface area contributed by atoms with Gasteiger partial charge in [0.15, 0.2) is 0 Å². The van der Waals surface area contributed by atoms with Crippen molar-refractivity contribution in [3.8, 4) is 0 Å². The average molecular weight is 146 g/mol. The van der Waals surface area contributed by atoms with E-state index in [-0.39, 0.29) is 12.7 Å². The Hall–Kier alpha value is -0.545. The predicted molar refractivity (Wildman–Crippen MR) is 36.2 cm³/mol. The zero-order valence-corrected chi connectivity index (χ0v) is 5.91. The lowest BCUT2D eigenvalue weighted by Crippen LogP contribution is -2.14. The molecular formula is C5H11BO4. The molecule has 0 spiro atoms. The second-order valence-electron chi connectivity index (χ2n) is 1.82. The fraction of sp³-hybridized carbons (Fsp3) is 0.800. The van der Waals surface area contributed by atoms with Gasteiger partial charge in [0, 0.05) is 6.42 Å². The first kappa shape index (κ1) is 9.45. The largest absolute Gasteiger partial charge is 0.466 e. The standard InChI is InChI=1S/C5H11BO4/c1-2-10-5(7)3-4-6(8)9/h8-9H,2-4H2,1H3. The summed E-state index contributed by atoms with van der Waals surface area (Å²) < 4.78 is 4.53. The maximum Gasteiger partial charge on any atom is 0.451 e. The summed E-state index contributed by atoms with van der Waals surface area (Å²) in [4.78, 5) is 10.5. The van der Waals surface area contributed by atoms with Gasteiger partial charge >= 0.3 is 13.1 Å². The van der Waals surface area contributed by atoms with Gasteiger partial charge in [-0.15, -0.1) is 0 Å². The van der Waals surface area contributed by atoms with Crippen LogP contribution >= 0.6 is 0 Å². The van der Waals surface area contributed by atoms with Crippen LogP contribution in [-0.2, 0) is 9.53 Å². The summed E-state index contributed by atoms with van der Waals surface area (Å²) in [5.41, 5.74) is 0. The second kappa shape index (κ2) is 5.26. The first-order valence-electron chi connectivity index (χ1n) is 3.18. The van der Waals surface area contributed by atoms with Gasteiger partial charge in [-0.3, -0.25) is 4.79 Å².